The number of rotatable bonds is 5. The molecule has 2 aromatic rings. The van der Waals surface area contributed by atoms with Crippen molar-refractivity contribution in [1.82, 2.24) is 9.97 Å². The van der Waals surface area contributed by atoms with Crippen LogP contribution in [0.15, 0.2) is 30.3 Å². The Morgan fingerprint density at radius 3 is 2.43 bits per heavy atom. The standard InChI is InChI=1S/C17H22FN3/c1-5-10-19-15-11-12(2)20-16(21-15)17(3,4)13-6-8-14(18)9-7-13/h6-9,11H,5,10H2,1-4H3,(H,19,20,21). The highest BCUT2D eigenvalue weighted by molar-refractivity contribution is 5.39. The SMILES string of the molecule is CCCNc1cc(C)nc(C(C)(C)c2ccc(F)cc2)n1. The molecule has 0 amide bonds. The Bertz CT molecular complexity index is 606. The molecule has 2 rings (SSSR count). The first-order valence-corrected chi connectivity index (χ1v) is 7.29. The molecule has 1 aromatic carbocycles. The van der Waals surface area contributed by atoms with Gasteiger partial charge in [0.05, 0.1) is 0 Å². The number of nitrogens with one attached hydrogen (secondary N) is 1. The third kappa shape index (κ3) is 3.57. The van der Waals surface area contributed by atoms with Gasteiger partial charge in [0, 0.05) is 23.7 Å². The van der Waals surface area contributed by atoms with E-state index >= 15 is 0 Å². The van der Waals surface area contributed by atoms with Gasteiger partial charge in [0.1, 0.15) is 17.5 Å². The molecule has 0 aliphatic heterocycles. The van der Waals surface area contributed by atoms with Crippen molar-refractivity contribution in [3.05, 3.63) is 53.2 Å². The molecule has 0 aliphatic rings. The van der Waals surface area contributed by atoms with E-state index in [1.165, 1.54) is 12.1 Å². The van der Waals surface area contributed by atoms with Gasteiger partial charge in [0.2, 0.25) is 0 Å². The summed E-state index contributed by atoms with van der Waals surface area (Å²) in [6.45, 7) is 9.07. The summed E-state index contributed by atoms with van der Waals surface area (Å²) in [5, 5.41) is 3.30. The summed E-state index contributed by atoms with van der Waals surface area (Å²) in [4.78, 5) is 9.19. The van der Waals surface area contributed by atoms with E-state index in [-0.39, 0.29) is 11.2 Å². The van der Waals surface area contributed by atoms with E-state index < -0.39 is 0 Å². The lowest BCUT2D eigenvalue weighted by Gasteiger charge is -2.24. The zero-order valence-electron chi connectivity index (χ0n) is 13.1. The molecule has 4 heteroatoms. The van der Waals surface area contributed by atoms with Crippen LogP contribution in [-0.4, -0.2) is 16.5 Å². The summed E-state index contributed by atoms with van der Waals surface area (Å²) in [5.41, 5.74) is 1.55. The van der Waals surface area contributed by atoms with Gasteiger partial charge in [0.25, 0.3) is 0 Å². The minimum Gasteiger partial charge on any atom is -0.370 e. The van der Waals surface area contributed by atoms with Gasteiger partial charge in [-0.15, -0.1) is 0 Å². The minimum absolute atomic E-state index is 0.231. The van der Waals surface area contributed by atoms with Crippen LogP contribution in [-0.2, 0) is 5.41 Å². The van der Waals surface area contributed by atoms with Crippen molar-refractivity contribution in [1.29, 1.82) is 0 Å². The summed E-state index contributed by atoms with van der Waals surface area (Å²) in [6, 6.07) is 8.48. The van der Waals surface area contributed by atoms with Gasteiger partial charge >= 0.3 is 0 Å². The predicted molar refractivity (Wildman–Crippen MR) is 84.1 cm³/mol. The summed E-state index contributed by atoms with van der Waals surface area (Å²) >= 11 is 0. The lowest BCUT2D eigenvalue weighted by molar-refractivity contribution is 0.581. The third-order valence-electron chi connectivity index (χ3n) is 3.54. The Hall–Kier alpha value is -1.97. The van der Waals surface area contributed by atoms with E-state index in [1.54, 1.807) is 12.1 Å². The van der Waals surface area contributed by atoms with Crippen LogP contribution in [0.2, 0.25) is 0 Å². The number of aryl methyl sites for hydroxylation is 1. The second-order valence-corrected chi connectivity index (χ2v) is 5.78. The number of aromatic nitrogens is 2. The van der Waals surface area contributed by atoms with Gasteiger partial charge in [-0.3, -0.25) is 0 Å². The Labute approximate surface area is 125 Å². The zero-order chi connectivity index (χ0) is 15.5. The van der Waals surface area contributed by atoms with E-state index in [0.717, 1.165) is 35.9 Å². The molecule has 0 saturated carbocycles. The molecule has 0 spiro atoms. The Morgan fingerprint density at radius 1 is 1.14 bits per heavy atom. The van der Waals surface area contributed by atoms with E-state index in [2.05, 4.69) is 36.1 Å². The topological polar surface area (TPSA) is 37.8 Å². The number of nitrogens with zero attached hydrogens (tertiary/aromatic N) is 2. The molecule has 0 bridgehead atoms. The maximum absolute atomic E-state index is 13.1. The quantitative estimate of drug-likeness (QED) is 0.900. The molecular formula is C17H22FN3. The van der Waals surface area contributed by atoms with Crippen LogP contribution < -0.4 is 5.32 Å². The van der Waals surface area contributed by atoms with Gasteiger partial charge in [0.15, 0.2) is 0 Å². The highest BCUT2D eigenvalue weighted by Gasteiger charge is 2.27. The fraction of sp³-hybridized carbons (Fsp3) is 0.412. The lowest BCUT2D eigenvalue weighted by Crippen LogP contribution is -2.23. The maximum Gasteiger partial charge on any atom is 0.140 e. The van der Waals surface area contributed by atoms with Crippen molar-refractivity contribution in [3.63, 3.8) is 0 Å². The highest BCUT2D eigenvalue weighted by Crippen LogP contribution is 2.29. The average molecular weight is 287 g/mol. The first-order valence-electron chi connectivity index (χ1n) is 7.29. The molecule has 0 aliphatic carbocycles. The normalized spacial score (nSPS) is 11.5. The maximum atomic E-state index is 13.1. The van der Waals surface area contributed by atoms with Crippen LogP contribution >= 0.6 is 0 Å². The molecule has 0 fully saturated rings. The summed E-state index contributed by atoms with van der Waals surface area (Å²) in [5.74, 6) is 1.35. The molecule has 0 saturated heterocycles. The van der Waals surface area contributed by atoms with Crippen molar-refractivity contribution in [2.75, 3.05) is 11.9 Å². The molecule has 1 N–H and O–H groups in total. The minimum atomic E-state index is -0.373. The molecule has 112 valence electrons. The highest BCUT2D eigenvalue weighted by atomic mass is 19.1. The van der Waals surface area contributed by atoms with Gasteiger partial charge in [-0.2, -0.15) is 0 Å². The zero-order valence-corrected chi connectivity index (χ0v) is 13.1. The molecule has 3 nitrogen and oxygen atoms in total. The molecule has 0 unspecified atom stereocenters. The van der Waals surface area contributed by atoms with E-state index in [1.807, 2.05) is 13.0 Å². The Kier molecular flexibility index (Phi) is 4.56. The predicted octanol–water partition coefficient (Wildman–Crippen LogP) is 4.07. The summed E-state index contributed by atoms with van der Waals surface area (Å²) < 4.78 is 13.1. The van der Waals surface area contributed by atoms with Crippen LogP contribution in [0, 0.1) is 12.7 Å². The van der Waals surface area contributed by atoms with Gasteiger partial charge in [-0.25, -0.2) is 14.4 Å². The monoisotopic (exact) mass is 287 g/mol. The van der Waals surface area contributed by atoms with Gasteiger partial charge in [-0.05, 0) is 44.9 Å². The number of halogens is 1. The average Bonchev–Trinajstić information content (AvgIpc) is 2.45. The van der Waals surface area contributed by atoms with Crippen LogP contribution in [0.4, 0.5) is 10.2 Å². The largest absolute Gasteiger partial charge is 0.370 e. The number of anilines is 1. The van der Waals surface area contributed by atoms with Crippen LogP contribution in [0.1, 0.15) is 44.3 Å². The third-order valence-corrected chi connectivity index (χ3v) is 3.54. The van der Waals surface area contributed by atoms with Crippen molar-refractivity contribution >= 4 is 5.82 Å². The number of hydrogen-bond donors (Lipinski definition) is 1. The van der Waals surface area contributed by atoms with E-state index in [9.17, 15) is 4.39 Å². The molecule has 21 heavy (non-hydrogen) atoms. The van der Waals surface area contributed by atoms with Gasteiger partial charge in [-0.1, -0.05) is 19.1 Å². The first-order chi connectivity index (χ1) is 9.93. The molecular weight excluding hydrogens is 265 g/mol. The first kappa shape index (κ1) is 15.4. The van der Waals surface area contributed by atoms with Gasteiger partial charge < -0.3 is 5.32 Å². The summed E-state index contributed by atoms with van der Waals surface area (Å²) in [7, 11) is 0. The van der Waals surface area contributed by atoms with Crippen molar-refractivity contribution in [2.24, 2.45) is 0 Å². The molecule has 1 aromatic heterocycles. The van der Waals surface area contributed by atoms with Crippen molar-refractivity contribution < 1.29 is 4.39 Å². The van der Waals surface area contributed by atoms with E-state index in [0.29, 0.717) is 0 Å². The Balaban J connectivity index is 2.38. The molecule has 0 atom stereocenters. The second-order valence-electron chi connectivity index (χ2n) is 5.78. The van der Waals surface area contributed by atoms with Crippen LogP contribution in [0.3, 0.4) is 0 Å². The second kappa shape index (κ2) is 6.20. The lowest BCUT2D eigenvalue weighted by atomic mass is 9.83. The smallest absolute Gasteiger partial charge is 0.140 e. The van der Waals surface area contributed by atoms with Crippen LogP contribution in [0.5, 0.6) is 0 Å². The molecule has 0 radical (unpaired) electrons. The molecule has 1 heterocycles. The summed E-state index contributed by atoms with van der Waals surface area (Å²) in [6.07, 6.45) is 1.04. The fourth-order valence-corrected chi connectivity index (χ4v) is 2.19. The number of hydrogen-bond acceptors (Lipinski definition) is 3. The van der Waals surface area contributed by atoms with Crippen LogP contribution in [0.25, 0.3) is 0 Å². The number of benzene rings is 1. The Morgan fingerprint density at radius 2 is 1.81 bits per heavy atom. The van der Waals surface area contributed by atoms with Crippen molar-refractivity contribution in [2.45, 2.75) is 39.5 Å². The van der Waals surface area contributed by atoms with E-state index in [4.69, 9.17) is 0 Å². The fourth-order valence-electron chi connectivity index (χ4n) is 2.19. The van der Waals surface area contributed by atoms with Crippen molar-refractivity contribution in [3.8, 4) is 0 Å².